The molecule has 2 aromatic heterocycles. The van der Waals surface area contributed by atoms with Crippen molar-refractivity contribution in [1.82, 2.24) is 14.8 Å². The van der Waals surface area contributed by atoms with E-state index in [1.54, 1.807) is 17.7 Å². The van der Waals surface area contributed by atoms with E-state index in [9.17, 15) is 13.2 Å². The van der Waals surface area contributed by atoms with Gasteiger partial charge in [-0.15, -0.1) is 0 Å². The van der Waals surface area contributed by atoms with Gasteiger partial charge in [0.1, 0.15) is 0 Å². The van der Waals surface area contributed by atoms with Gasteiger partial charge < -0.3 is 0 Å². The summed E-state index contributed by atoms with van der Waals surface area (Å²) >= 11 is 0. The van der Waals surface area contributed by atoms with Crippen LogP contribution in [0.25, 0.3) is 22.3 Å². The molecular weight excluding hydrogens is 327 g/mol. The van der Waals surface area contributed by atoms with Crippen LogP contribution in [0.4, 0.5) is 13.2 Å². The van der Waals surface area contributed by atoms with Gasteiger partial charge in [0.2, 0.25) is 0 Å². The average Bonchev–Trinajstić information content (AvgIpc) is 2.85. The van der Waals surface area contributed by atoms with Gasteiger partial charge in [-0.1, -0.05) is 12.1 Å². The summed E-state index contributed by atoms with van der Waals surface area (Å²) in [6.07, 6.45) is -4.47. The molecular formula is C19H20F3N3. The van der Waals surface area contributed by atoms with Crippen LogP contribution in [-0.2, 0) is 6.18 Å². The topological polar surface area (TPSA) is 30.7 Å². The standard InChI is InChI=1S/C19H20F3N3/c1-10(2)25-18-17(13(5)24-25)15(19(20,21)22)9-16(23-18)14-7-6-11(3)12(4)8-14/h6-10H,1-5H3. The fourth-order valence-corrected chi connectivity index (χ4v) is 2.95. The number of pyridine rings is 1. The Morgan fingerprint density at radius 3 is 2.24 bits per heavy atom. The smallest absolute Gasteiger partial charge is 0.244 e. The number of aryl methyl sites for hydroxylation is 3. The third kappa shape index (κ3) is 3.01. The van der Waals surface area contributed by atoms with Gasteiger partial charge >= 0.3 is 6.18 Å². The molecule has 25 heavy (non-hydrogen) atoms. The summed E-state index contributed by atoms with van der Waals surface area (Å²) in [7, 11) is 0. The van der Waals surface area contributed by atoms with Crippen molar-refractivity contribution >= 4 is 11.0 Å². The van der Waals surface area contributed by atoms with Crippen molar-refractivity contribution in [3.05, 3.63) is 46.6 Å². The monoisotopic (exact) mass is 347 g/mol. The van der Waals surface area contributed by atoms with Crippen LogP contribution in [0.2, 0.25) is 0 Å². The van der Waals surface area contributed by atoms with E-state index in [4.69, 9.17) is 0 Å². The van der Waals surface area contributed by atoms with E-state index in [1.807, 2.05) is 39.8 Å². The van der Waals surface area contributed by atoms with E-state index >= 15 is 0 Å². The summed E-state index contributed by atoms with van der Waals surface area (Å²) in [5, 5.41) is 4.36. The van der Waals surface area contributed by atoms with Crippen LogP contribution < -0.4 is 0 Å². The molecule has 0 saturated carbocycles. The second kappa shape index (κ2) is 5.86. The highest BCUT2D eigenvalue weighted by Crippen LogP contribution is 2.38. The van der Waals surface area contributed by atoms with E-state index in [0.29, 0.717) is 17.0 Å². The molecule has 0 atom stereocenters. The SMILES string of the molecule is Cc1ccc(-c2cc(C(F)(F)F)c3c(C)nn(C(C)C)c3n2)cc1C. The first-order valence-electron chi connectivity index (χ1n) is 8.14. The Labute approximate surface area is 144 Å². The number of benzene rings is 1. The lowest BCUT2D eigenvalue weighted by Gasteiger charge is -2.13. The highest BCUT2D eigenvalue weighted by molar-refractivity contribution is 5.86. The largest absolute Gasteiger partial charge is 0.417 e. The molecule has 3 rings (SSSR count). The van der Waals surface area contributed by atoms with E-state index in [0.717, 1.165) is 17.2 Å². The molecule has 0 radical (unpaired) electrons. The first-order valence-corrected chi connectivity index (χ1v) is 8.14. The molecule has 132 valence electrons. The summed E-state index contributed by atoms with van der Waals surface area (Å²) in [5.74, 6) is 0. The molecule has 0 bridgehead atoms. The van der Waals surface area contributed by atoms with E-state index < -0.39 is 11.7 Å². The first kappa shape index (κ1) is 17.5. The second-order valence-electron chi connectivity index (χ2n) is 6.67. The van der Waals surface area contributed by atoms with Crippen LogP contribution in [0.1, 0.15) is 42.3 Å². The van der Waals surface area contributed by atoms with E-state index in [2.05, 4.69) is 10.1 Å². The Morgan fingerprint density at radius 2 is 1.68 bits per heavy atom. The maximum atomic E-state index is 13.7. The van der Waals surface area contributed by atoms with Gasteiger partial charge in [0.25, 0.3) is 0 Å². The summed E-state index contributed by atoms with van der Waals surface area (Å²) in [4.78, 5) is 4.53. The Bertz CT molecular complexity index is 953. The molecule has 2 heterocycles. The first-order chi connectivity index (χ1) is 11.6. The van der Waals surface area contributed by atoms with Crippen LogP contribution in [-0.4, -0.2) is 14.8 Å². The van der Waals surface area contributed by atoms with Crippen molar-refractivity contribution in [2.24, 2.45) is 0 Å². The zero-order valence-electron chi connectivity index (χ0n) is 14.9. The summed E-state index contributed by atoms with van der Waals surface area (Å²) in [6, 6.07) is 6.62. The van der Waals surface area contributed by atoms with Gasteiger partial charge in [-0.2, -0.15) is 18.3 Å². The normalized spacial score (nSPS) is 12.4. The molecule has 1 aromatic carbocycles. The van der Waals surface area contributed by atoms with E-state index in [1.165, 1.54) is 0 Å². The summed E-state index contributed by atoms with van der Waals surface area (Å²) in [5.41, 5.74) is 3.01. The minimum absolute atomic E-state index is 0.0776. The van der Waals surface area contributed by atoms with Crippen LogP contribution >= 0.6 is 0 Å². The molecule has 0 saturated heterocycles. The number of hydrogen-bond donors (Lipinski definition) is 0. The molecule has 0 aliphatic heterocycles. The molecule has 0 fully saturated rings. The number of hydrogen-bond acceptors (Lipinski definition) is 2. The summed E-state index contributed by atoms with van der Waals surface area (Å²) < 4.78 is 42.6. The molecule has 0 aliphatic carbocycles. The minimum atomic E-state index is -4.47. The summed E-state index contributed by atoms with van der Waals surface area (Å²) in [6.45, 7) is 9.25. The van der Waals surface area contributed by atoms with Crippen molar-refractivity contribution in [3.8, 4) is 11.3 Å². The highest BCUT2D eigenvalue weighted by Gasteiger charge is 2.35. The van der Waals surface area contributed by atoms with Gasteiger partial charge in [0, 0.05) is 11.6 Å². The average molecular weight is 347 g/mol. The number of fused-ring (bicyclic) bond motifs is 1. The molecule has 0 aliphatic rings. The zero-order chi connectivity index (χ0) is 18.5. The number of aromatic nitrogens is 3. The molecule has 0 spiro atoms. The van der Waals surface area contributed by atoms with Gasteiger partial charge in [-0.05, 0) is 57.9 Å². The number of nitrogens with zero attached hydrogens (tertiary/aromatic N) is 3. The highest BCUT2D eigenvalue weighted by atomic mass is 19.4. The lowest BCUT2D eigenvalue weighted by Crippen LogP contribution is -2.09. The lowest BCUT2D eigenvalue weighted by molar-refractivity contribution is -0.136. The minimum Gasteiger partial charge on any atom is -0.244 e. The Balaban J connectivity index is 2.37. The van der Waals surface area contributed by atoms with Crippen LogP contribution in [0, 0.1) is 20.8 Å². The number of alkyl halides is 3. The van der Waals surface area contributed by atoms with Gasteiger partial charge in [-0.3, -0.25) is 0 Å². The maximum absolute atomic E-state index is 13.7. The van der Waals surface area contributed by atoms with Crippen LogP contribution in [0.3, 0.4) is 0 Å². The fraction of sp³-hybridized carbons (Fsp3) is 0.368. The maximum Gasteiger partial charge on any atom is 0.417 e. The quantitative estimate of drug-likeness (QED) is 0.602. The number of rotatable bonds is 2. The van der Waals surface area contributed by atoms with Crippen molar-refractivity contribution in [3.63, 3.8) is 0 Å². The predicted molar refractivity (Wildman–Crippen MR) is 92.6 cm³/mol. The second-order valence-corrected chi connectivity index (χ2v) is 6.67. The molecule has 3 nitrogen and oxygen atoms in total. The zero-order valence-corrected chi connectivity index (χ0v) is 14.9. The molecule has 0 N–H and O–H groups in total. The van der Waals surface area contributed by atoms with Gasteiger partial charge in [0.15, 0.2) is 5.65 Å². The Morgan fingerprint density at radius 1 is 1.00 bits per heavy atom. The molecule has 0 unspecified atom stereocenters. The number of halogens is 3. The van der Waals surface area contributed by atoms with Gasteiger partial charge in [-0.25, -0.2) is 9.67 Å². The lowest BCUT2D eigenvalue weighted by atomic mass is 10.0. The Hall–Kier alpha value is -2.37. The fourth-order valence-electron chi connectivity index (χ4n) is 2.95. The molecule has 0 amide bonds. The van der Waals surface area contributed by atoms with E-state index in [-0.39, 0.29) is 17.1 Å². The third-order valence-corrected chi connectivity index (χ3v) is 4.43. The van der Waals surface area contributed by atoms with Crippen LogP contribution in [0.5, 0.6) is 0 Å². The van der Waals surface area contributed by atoms with Crippen molar-refractivity contribution in [2.45, 2.75) is 46.8 Å². The third-order valence-electron chi connectivity index (χ3n) is 4.43. The van der Waals surface area contributed by atoms with Crippen molar-refractivity contribution in [2.75, 3.05) is 0 Å². The molecule has 6 heteroatoms. The van der Waals surface area contributed by atoms with Crippen molar-refractivity contribution < 1.29 is 13.2 Å². The van der Waals surface area contributed by atoms with Gasteiger partial charge in [0.05, 0.1) is 22.3 Å². The van der Waals surface area contributed by atoms with Crippen LogP contribution in [0.15, 0.2) is 24.3 Å². The molecule has 3 aromatic rings. The predicted octanol–water partition coefficient (Wildman–Crippen LogP) is 5.62. The van der Waals surface area contributed by atoms with Crippen molar-refractivity contribution in [1.29, 1.82) is 0 Å². The Kier molecular flexibility index (Phi) is 4.09.